The highest BCUT2D eigenvalue weighted by atomic mass is 32.2. The van der Waals surface area contributed by atoms with E-state index in [9.17, 15) is 13.2 Å². The van der Waals surface area contributed by atoms with Crippen molar-refractivity contribution in [1.29, 1.82) is 0 Å². The summed E-state index contributed by atoms with van der Waals surface area (Å²) in [6, 6.07) is 15.0. The Balaban J connectivity index is 1.67. The first-order valence-electron chi connectivity index (χ1n) is 15.2. The van der Waals surface area contributed by atoms with Crippen molar-refractivity contribution in [2.75, 3.05) is 11.3 Å². The Morgan fingerprint density at radius 2 is 1.74 bits per heavy atom. The first-order valence-corrected chi connectivity index (χ1v) is 16.7. The third kappa shape index (κ3) is 7.77. The van der Waals surface area contributed by atoms with E-state index in [1.54, 1.807) is 35.4 Å². The molecule has 0 fully saturated rings. The van der Waals surface area contributed by atoms with E-state index in [1.807, 2.05) is 52.0 Å². The number of aromatic nitrogens is 4. The molecule has 46 heavy (non-hydrogen) atoms. The van der Waals surface area contributed by atoms with Crippen LogP contribution in [0.3, 0.4) is 0 Å². The lowest BCUT2D eigenvalue weighted by atomic mass is 9.87. The second-order valence-electron chi connectivity index (χ2n) is 13.1. The van der Waals surface area contributed by atoms with Gasteiger partial charge in [0.05, 0.1) is 28.9 Å². The molecule has 1 amide bonds. The molecule has 1 aliphatic heterocycles. The third-order valence-electron chi connectivity index (χ3n) is 7.51. The molecule has 2 aromatic heterocycles. The van der Waals surface area contributed by atoms with Crippen LogP contribution in [0.1, 0.15) is 74.0 Å². The van der Waals surface area contributed by atoms with Gasteiger partial charge in [-0.2, -0.15) is 4.98 Å². The predicted octanol–water partition coefficient (Wildman–Crippen LogP) is 6.61. The number of rotatable bonds is 5. The molecule has 0 saturated carbocycles. The molecule has 3 heterocycles. The van der Waals surface area contributed by atoms with Crippen molar-refractivity contribution in [3.63, 3.8) is 0 Å². The number of fused-ring (bicyclic) bond motifs is 4. The molecule has 4 aromatic rings. The lowest BCUT2D eigenvalue weighted by molar-refractivity contribution is 0.0509. The zero-order valence-electron chi connectivity index (χ0n) is 27.3. The van der Waals surface area contributed by atoms with Gasteiger partial charge < -0.3 is 9.64 Å². The van der Waals surface area contributed by atoms with E-state index in [0.717, 1.165) is 22.3 Å². The van der Waals surface area contributed by atoms with E-state index in [0.29, 0.717) is 23.6 Å². The van der Waals surface area contributed by atoms with Crippen LogP contribution in [0, 0.1) is 19.3 Å². The van der Waals surface area contributed by atoms with Gasteiger partial charge in [-0.3, -0.25) is 4.79 Å². The van der Waals surface area contributed by atoms with Gasteiger partial charge in [0, 0.05) is 23.4 Å². The van der Waals surface area contributed by atoms with Crippen LogP contribution in [-0.2, 0) is 16.6 Å². The summed E-state index contributed by atoms with van der Waals surface area (Å²) in [5, 5.41) is 0. The number of nitrogens with one attached hydrogen (secondary N) is 1. The summed E-state index contributed by atoms with van der Waals surface area (Å²) in [5.74, 6) is 0.273. The van der Waals surface area contributed by atoms with Crippen molar-refractivity contribution in [3.8, 4) is 17.1 Å². The number of sulfonamides is 1. The van der Waals surface area contributed by atoms with Crippen molar-refractivity contribution in [1.82, 2.24) is 24.8 Å². The molecule has 0 aliphatic carbocycles. The molecule has 1 aliphatic rings. The Labute approximate surface area is 271 Å². The summed E-state index contributed by atoms with van der Waals surface area (Å²) in [4.78, 5) is 34.1. The van der Waals surface area contributed by atoms with E-state index in [2.05, 4.69) is 40.4 Å². The van der Waals surface area contributed by atoms with Gasteiger partial charge in [-0.05, 0) is 81.0 Å². The number of hydrogen-bond donors (Lipinski definition) is 1. The Kier molecular flexibility index (Phi) is 9.25. The second-order valence-corrected chi connectivity index (χ2v) is 14.8. The van der Waals surface area contributed by atoms with Crippen LogP contribution in [0.2, 0.25) is 0 Å². The quantitative estimate of drug-likeness (QED) is 0.258. The van der Waals surface area contributed by atoms with Gasteiger partial charge in [-0.1, -0.05) is 50.6 Å². The molecule has 4 bridgehead atoms. The van der Waals surface area contributed by atoms with E-state index in [1.165, 1.54) is 12.1 Å². The molecule has 2 aromatic carbocycles. The lowest BCUT2D eigenvalue weighted by Gasteiger charge is -2.35. The van der Waals surface area contributed by atoms with Crippen LogP contribution in [0.4, 0.5) is 5.95 Å². The molecular weight excluding hydrogens is 600 g/mol. The number of hydrogen-bond acceptors (Lipinski definition) is 8. The van der Waals surface area contributed by atoms with Gasteiger partial charge >= 0.3 is 0 Å². The molecule has 1 N–H and O–H groups in total. The smallest absolute Gasteiger partial charge is 0.264 e. The van der Waals surface area contributed by atoms with Crippen LogP contribution in [0.25, 0.3) is 17.3 Å². The van der Waals surface area contributed by atoms with Crippen molar-refractivity contribution in [3.05, 3.63) is 94.6 Å². The molecule has 11 heteroatoms. The maximum atomic E-state index is 14.4. The normalized spacial score (nSPS) is 16.3. The van der Waals surface area contributed by atoms with Crippen LogP contribution in [0.5, 0.6) is 5.88 Å². The summed E-state index contributed by atoms with van der Waals surface area (Å²) in [7, 11) is -4.17. The van der Waals surface area contributed by atoms with Crippen molar-refractivity contribution in [2.45, 2.75) is 72.4 Å². The van der Waals surface area contributed by atoms with Gasteiger partial charge in [0.1, 0.15) is 6.61 Å². The standard InChI is InChI=1S/C35H40N6O4S/c1-22(2)16-30-36-15-14-26(37-30)20-41-27(19-35(5,6)7)21-45-31-18-29(32-23(3)10-8-11-24(32)4)38-34(39-31)40-46(43,44)28-13-9-12-25(17-28)33(41)42/h8-18,27H,19-21H2,1-7H3,(H,38,39,40)/t27-/m1/s1. The van der Waals surface area contributed by atoms with Gasteiger partial charge in [-0.15, -0.1) is 0 Å². The number of benzene rings is 2. The van der Waals surface area contributed by atoms with Crippen molar-refractivity contribution < 1.29 is 17.9 Å². The van der Waals surface area contributed by atoms with Gasteiger partial charge in [0.2, 0.25) is 11.8 Å². The first kappa shape index (κ1) is 32.7. The monoisotopic (exact) mass is 640 g/mol. The summed E-state index contributed by atoms with van der Waals surface area (Å²) < 4.78 is 36.1. The van der Waals surface area contributed by atoms with Crippen molar-refractivity contribution >= 4 is 28.0 Å². The minimum Gasteiger partial charge on any atom is -0.475 e. The average molecular weight is 641 g/mol. The molecule has 5 rings (SSSR count). The molecule has 0 saturated heterocycles. The molecule has 0 unspecified atom stereocenters. The fraction of sp³-hybridized carbons (Fsp3) is 0.343. The van der Waals surface area contributed by atoms with Crippen LogP contribution >= 0.6 is 0 Å². The molecule has 0 radical (unpaired) electrons. The zero-order chi connectivity index (χ0) is 33.2. The molecular formula is C35H40N6O4S. The zero-order valence-corrected chi connectivity index (χ0v) is 28.1. The first-order chi connectivity index (χ1) is 21.7. The molecule has 10 nitrogen and oxygen atoms in total. The Morgan fingerprint density at radius 1 is 1.02 bits per heavy atom. The van der Waals surface area contributed by atoms with E-state index in [-0.39, 0.29) is 46.8 Å². The van der Waals surface area contributed by atoms with Crippen molar-refractivity contribution in [2.24, 2.45) is 5.41 Å². The molecule has 0 spiro atoms. The van der Waals surface area contributed by atoms with Crippen LogP contribution in [-0.4, -0.2) is 51.8 Å². The van der Waals surface area contributed by atoms with E-state index >= 15 is 0 Å². The fourth-order valence-corrected chi connectivity index (χ4v) is 6.54. The number of ether oxygens (including phenoxy) is 1. The highest BCUT2D eigenvalue weighted by molar-refractivity contribution is 7.92. The highest BCUT2D eigenvalue weighted by Crippen LogP contribution is 2.31. The maximum Gasteiger partial charge on any atom is 0.264 e. The van der Waals surface area contributed by atoms with Gasteiger partial charge in [0.15, 0.2) is 5.82 Å². The minimum absolute atomic E-state index is 0.0821. The van der Waals surface area contributed by atoms with Gasteiger partial charge in [-0.25, -0.2) is 28.1 Å². The van der Waals surface area contributed by atoms with Crippen LogP contribution < -0.4 is 9.46 Å². The van der Waals surface area contributed by atoms with E-state index in [4.69, 9.17) is 9.72 Å². The summed E-state index contributed by atoms with van der Waals surface area (Å²) in [6.45, 7) is 14.5. The Morgan fingerprint density at radius 3 is 2.43 bits per heavy atom. The third-order valence-corrected chi connectivity index (χ3v) is 8.84. The number of anilines is 1. The number of allylic oxidation sites excluding steroid dienone is 1. The topological polar surface area (TPSA) is 127 Å². The largest absolute Gasteiger partial charge is 0.475 e. The highest BCUT2D eigenvalue weighted by Gasteiger charge is 2.32. The second kappa shape index (κ2) is 13.0. The van der Waals surface area contributed by atoms with Gasteiger partial charge in [0.25, 0.3) is 15.9 Å². The number of nitrogens with zero attached hydrogens (tertiary/aromatic N) is 5. The SMILES string of the molecule is CC(C)=Cc1nccc(CN2C(=O)c3cccc(c3)S(=O)(=O)Nc3nc(cc(-c4c(C)cccc4C)n3)OC[C@H]2CC(C)(C)C)n1. The number of carbonyl (C=O) groups excluding carboxylic acids is 1. The summed E-state index contributed by atoms with van der Waals surface area (Å²) >= 11 is 0. The van der Waals surface area contributed by atoms with Crippen LogP contribution in [0.15, 0.2) is 71.3 Å². The fourth-order valence-electron chi connectivity index (χ4n) is 5.55. The predicted molar refractivity (Wildman–Crippen MR) is 179 cm³/mol. The minimum atomic E-state index is -4.17. The lowest BCUT2D eigenvalue weighted by Crippen LogP contribution is -2.45. The summed E-state index contributed by atoms with van der Waals surface area (Å²) in [5.41, 5.74) is 5.07. The Bertz CT molecular complexity index is 1890. The number of amides is 1. The Hall–Kier alpha value is -4.64. The maximum absolute atomic E-state index is 14.4. The number of aryl methyl sites for hydroxylation is 2. The molecule has 1 atom stereocenters. The number of carbonyl (C=O) groups is 1. The van der Waals surface area contributed by atoms with E-state index < -0.39 is 16.1 Å². The molecule has 240 valence electrons. The summed E-state index contributed by atoms with van der Waals surface area (Å²) in [6.07, 6.45) is 4.14. The average Bonchev–Trinajstić information content (AvgIpc) is 2.96.